The van der Waals surface area contributed by atoms with Gasteiger partial charge in [0.2, 0.25) is 0 Å². The fourth-order valence-electron chi connectivity index (χ4n) is 1.34. The number of carbonyl (C=O) groups excluding carboxylic acids is 1. The minimum absolute atomic E-state index is 0.0479. The molecule has 14 heavy (non-hydrogen) atoms. The van der Waals surface area contributed by atoms with Crippen molar-refractivity contribution in [3.05, 3.63) is 29.6 Å². The van der Waals surface area contributed by atoms with E-state index >= 15 is 0 Å². The first-order chi connectivity index (χ1) is 6.81. The summed E-state index contributed by atoms with van der Waals surface area (Å²) in [6.45, 7) is 1.03. The smallest absolute Gasteiger partial charge is 0.405 e. The largest absolute Gasteiger partial charge is 0.494 e. The molecule has 0 atom stereocenters. The first-order valence-electron chi connectivity index (χ1n) is 4.29. The van der Waals surface area contributed by atoms with E-state index in [9.17, 15) is 9.18 Å². The van der Waals surface area contributed by atoms with Crippen LogP contribution in [0.1, 0.15) is 10.4 Å². The minimum Gasteiger partial charge on any atom is -0.405 e. The third-order valence-corrected chi connectivity index (χ3v) is 2.05. The maximum atomic E-state index is 13.2. The Morgan fingerprint density at radius 1 is 1.36 bits per heavy atom. The Hall–Kier alpha value is -1.20. The summed E-state index contributed by atoms with van der Waals surface area (Å²) in [6.07, 6.45) is 0.482. The van der Waals surface area contributed by atoms with Gasteiger partial charge in [0, 0.05) is 5.56 Å². The molecule has 0 aromatic heterocycles. The van der Waals surface area contributed by atoms with Gasteiger partial charge in [0.15, 0.2) is 6.29 Å². The Kier molecular flexibility index (Phi) is 2.61. The van der Waals surface area contributed by atoms with E-state index in [1.54, 1.807) is 6.07 Å². The van der Waals surface area contributed by atoms with Gasteiger partial charge >= 0.3 is 7.12 Å². The summed E-state index contributed by atoms with van der Waals surface area (Å²) in [5, 5.41) is 0. The van der Waals surface area contributed by atoms with E-state index in [2.05, 4.69) is 0 Å². The third-order valence-electron chi connectivity index (χ3n) is 2.05. The molecular weight excluding hydrogens is 186 g/mol. The summed E-state index contributed by atoms with van der Waals surface area (Å²) >= 11 is 0. The Bertz CT molecular complexity index is 350. The molecule has 0 unspecified atom stereocenters. The van der Waals surface area contributed by atoms with Crippen LogP contribution >= 0.6 is 0 Å². The van der Waals surface area contributed by atoms with Gasteiger partial charge in [0.05, 0.1) is 13.2 Å². The Labute approximate surface area is 81.0 Å². The van der Waals surface area contributed by atoms with Gasteiger partial charge in [-0.25, -0.2) is 4.39 Å². The van der Waals surface area contributed by atoms with Crippen LogP contribution in [0.5, 0.6) is 0 Å². The van der Waals surface area contributed by atoms with Gasteiger partial charge in [-0.3, -0.25) is 4.79 Å². The lowest BCUT2D eigenvalue weighted by molar-refractivity contribution is 0.112. The lowest BCUT2D eigenvalue weighted by Crippen LogP contribution is -2.32. The zero-order valence-corrected chi connectivity index (χ0v) is 7.40. The molecule has 0 bridgehead atoms. The molecule has 0 aliphatic carbocycles. The number of benzene rings is 1. The van der Waals surface area contributed by atoms with Gasteiger partial charge in [0.1, 0.15) is 5.82 Å². The van der Waals surface area contributed by atoms with Gasteiger partial charge < -0.3 is 9.31 Å². The van der Waals surface area contributed by atoms with Crippen LogP contribution in [0, 0.1) is 5.82 Å². The van der Waals surface area contributed by atoms with Crippen molar-refractivity contribution in [2.24, 2.45) is 0 Å². The van der Waals surface area contributed by atoms with Crippen molar-refractivity contribution in [3.63, 3.8) is 0 Å². The van der Waals surface area contributed by atoms with Crippen molar-refractivity contribution in [2.75, 3.05) is 13.2 Å². The standard InChI is InChI=1S/C9H8BFO3/c11-9-5-8(2-1-7(9)6-12)10-13-3-4-14-10/h1-2,5-6H,3-4H2. The van der Waals surface area contributed by atoms with E-state index in [0.29, 0.717) is 25.0 Å². The average molecular weight is 194 g/mol. The van der Waals surface area contributed by atoms with Crippen LogP contribution in [0.4, 0.5) is 4.39 Å². The highest BCUT2D eigenvalue weighted by Crippen LogP contribution is 2.05. The number of carbonyl (C=O) groups is 1. The Morgan fingerprint density at radius 2 is 2.07 bits per heavy atom. The van der Waals surface area contributed by atoms with E-state index in [0.717, 1.165) is 0 Å². The lowest BCUT2D eigenvalue weighted by atomic mass is 9.79. The highest BCUT2D eigenvalue weighted by molar-refractivity contribution is 6.61. The van der Waals surface area contributed by atoms with Gasteiger partial charge in [-0.05, 0) is 17.6 Å². The molecular formula is C9H8BFO3. The molecule has 1 aliphatic heterocycles. The summed E-state index contributed by atoms with van der Waals surface area (Å²) < 4.78 is 23.5. The fourth-order valence-corrected chi connectivity index (χ4v) is 1.34. The molecule has 1 saturated heterocycles. The van der Waals surface area contributed by atoms with Crippen molar-refractivity contribution in [3.8, 4) is 0 Å². The number of rotatable bonds is 2. The maximum absolute atomic E-state index is 13.2. The lowest BCUT2D eigenvalue weighted by Gasteiger charge is -2.04. The van der Waals surface area contributed by atoms with Crippen LogP contribution in [0.3, 0.4) is 0 Å². The molecule has 1 heterocycles. The highest BCUT2D eigenvalue weighted by atomic mass is 19.1. The van der Waals surface area contributed by atoms with Crippen LogP contribution in [0.2, 0.25) is 0 Å². The average Bonchev–Trinajstić information content (AvgIpc) is 2.70. The number of aldehydes is 1. The molecule has 1 fully saturated rings. The van der Waals surface area contributed by atoms with E-state index in [-0.39, 0.29) is 5.56 Å². The second-order valence-electron chi connectivity index (χ2n) is 2.97. The number of hydrogen-bond donors (Lipinski definition) is 0. The summed E-state index contributed by atoms with van der Waals surface area (Å²) in [6, 6.07) is 4.31. The van der Waals surface area contributed by atoms with Gasteiger partial charge in [-0.1, -0.05) is 6.07 Å². The van der Waals surface area contributed by atoms with Crippen LogP contribution in [0.25, 0.3) is 0 Å². The summed E-state index contributed by atoms with van der Waals surface area (Å²) in [4.78, 5) is 10.4. The van der Waals surface area contributed by atoms with E-state index in [1.807, 2.05) is 0 Å². The Morgan fingerprint density at radius 3 is 2.64 bits per heavy atom. The molecule has 0 saturated carbocycles. The third kappa shape index (κ3) is 1.69. The molecule has 0 N–H and O–H groups in total. The first kappa shape index (κ1) is 9.36. The predicted molar refractivity (Wildman–Crippen MR) is 49.1 cm³/mol. The molecule has 0 amide bonds. The summed E-state index contributed by atoms with van der Waals surface area (Å²) in [5.74, 6) is -0.545. The molecule has 1 aromatic rings. The van der Waals surface area contributed by atoms with E-state index in [4.69, 9.17) is 9.31 Å². The number of hydrogen-bond acceptors (Lipinski definition) is 3. The molecule has 3 nitrogen and oxygen atoms in total. The zero-order valence-electron chi connectivity index (χ0n) is 7.40. The van der Waals surface area contributed by atoms with E-state index in [1.165, 1.54) is 12.1 Å². The topological polar surface area (TPSA) is 35.5 Å². The van der Waals surface area contributed by atoms with Crippen molar-refractivity contribution < 1.29 is 18.5 Å². The van der Waals surface area contributed by atoms with Crippen LogP contribution in [-0.4, -0.2) is 26.6 Å². The maximum Gasteiger partial charge on any atom is 0.494 e. The monoisotopic (exact) mass is 194 g/mol. The summed E-state index contributed by atoms with van der Waals surface area (Å²) in [7, 11) is -0.495. The molecule has 1 aliphatic rings. The van der Waals surface area contributed by atoms with Gasteiger partial charge in [0.25, 0.3) is 0 Å². The van der Waals surface area contributed by atoms with Crippen LogP contribution < -0.4 is 5.46 Å². The fraction of sp³-hybridized carbons (Fsp3) is 0.222. The highest BCUT2D eigenvalue weighted by Gasteiger charge is 2.26. The minimum atomic E-state index is -0.545. The molecule has 72 valence electrons. The quantitative estimate of drug-likeness (QED) is 0.504. The van der Waals surface area contributed by atoms with Gasteiger partial charge in [-0.2, -0.15) is 0 Å². The molecule has 2 rings (SSSR count). The second kappa shape index (κ2) is 3.90. The van der Waals surface area contributed by atoms with Crippen molar-refractivity contribution in [2.45, 2.75) is 0 Å². The normalized spacial score (nSPS) is 15.9. The number of halogens is 1. The summed E-state index contributed by atoms with van der Waals surface area (Å²) in [5.41, 5.74) is 0.650. The first-order valence-corrected chi connectivity index (χ1v) is 4.29. The van der Waals surface area contributed by atoms with Crippen LogP contribution in [-0.2, 0) is 9.31 Å². The van der Waals surface area contributed by atoms with Gasteiger partial charge in [-0.15, -0.1) is 0 Å². The molecule has 0 radical (unpaired) electrons. The van der Waals surface area contributed by atoms with Crippen molar-refractivity contribution in [1.82, 2.24) is 0 Å². The molecule has 5 heteroatoms. The molecule has 0 spiro atoms. The van der Waals surface area contributed by atoms with Crippen molar-refractivity contribution >= 4 is 18.9 Å². The predicted octanol–water partition coefficient (Wildman–Crippen LogP) is 0.380. The SMILES string of the molecule is O=Cc1ccc(B2OCCO2)cc1F. The molecule has 1 aromatic carbocycles. The van der Waals surface area contributed by atoms with Crippen molar-refractivity contribution in [1.29, 1.82) is 0 Å². The Balaban J connectivity index is 2.27. The van der Waals surface area contributed by atoms with Crippen LogP contribution in [0.15, 0.2) is 18.2 Å². The second-order valence-corrected chi connectivity index (χ2v) is 2.97. The van der Waals surface area contributed by atoms with E-state index < -0.39 is 12.9 Å². The zero-order chi connectivity index (χ0) is 9.97.